The van der Waals surface area contributed by atoms with E-state index in [0.717, 1.165) is 28.9 Å². The van der Waals surface area contributed by atoms with E-state index >= 15 is 0 Å². The number of rotatable bonds is 5. The van der Waals surface area contributed by atoms with E-state index in [0.29, 0.717) is 37.4 Å². The normalized spacial score (nSPS) is 26.5. The molecule has 3 aliphatic rings. The van der Waals surface area contributed by atoms with Crippen LogP contribution in [0.1, 0.15) is 29.5 Å². The van der Waals surface area contributed by atoms with Crippen molar-refractivity contribution >= 4 is 18.5 Å². The maximum atomic E-state index is 13.6. The minimum atomic E-state index is -0.519. The molecular weight excluding hydrogens is 422 g/mol. The van der Waals surface area contributed by atoms with Gasteiger partial charge in [0.25, 0.3) is 0 Å². The van der Waals surface area contributed by atoms with Gasteiger partial charge in [-0.15, -0.1) is 0 Å². The Hall–Kier alpha value is -2.44. The smallest absolute Gasteiger partial charge is 0.227 e. The largest absolute Gasteiger partial charge is 0.493 e. The van der Waals surface area contributed by atoms with Gasteiger partial charge in [0.2, 0.25) is 5.91 Å². The summed E-state index contributed by atoms with van der Waals surface area (Å²) in [4.78, 5) is 15.6. The van der Waals surface area contributed by atoms with Crippen molar-refractivity contribution in [3.05, 3.63) is 71.3 Å². The summed E-state index contributed by atoms with van der Waals surface area (Å²) < 4.78 is 12.0. The first-order valence-electron chi connectivity index (χ1n) is 11.2. The predicted molar refractivity (Wildman–Crippen MR) is 126 cm³/mol. The Bertz CT molecular complexity index is 1040. The Kier molecular flexibility index (Phi) is 5.68. The number of carbonyl (C=O) groups is 1. The number of hydrogen-bond donors (Lipinski definition) is 2. The molecule has 168 valence electrons. The molecule has 0 radical (unpaired) electrons. The summed E-state index contributed by atoms with van der Waals surface area (Å²) in [6, 6.07) is 14.1. The lowest BCUT2D eigenvalue weighted by Crippen LogP contribution is -2.44. The molecule has 0 bridgehead atoms. The van der Waals surface area contributed by atoms with Gasteiger partial charge in [0.05, 0.1) is 24.5 Å². The fourth-order valence-electron chi connectivity index (χ4n) is 5.51. The summed E-state index contributed by atoms with van der Waals surface area (Å²) in [7, 11) is 1.65. The van der Waals surface area contributed by atoms with Gasteiger partial charge in [-0.3, -0.25) is 4.79 Å². The Morgan fingerprint density at radius 3 is 2.88 bits per heavy atom. The molecule has 32 heavy (non-hydrogen) atoms. The average molecular weight is 452 g/mol. The van der Waals surface area contributed by atoms with Crippen LogP contribution < -0.4 is 9.47 Å². The number of aliphatic hydroxyl groups excluding tert-OH is 1. The molecule has 0 aromatic heterocycles. The molecule has 0 fully saturated rings. The van der Waals surface area contributed by atoms with Crippen molar-refractivity contribution in [1.82, 2.24) is 4.90 Å². The van der Waals surface area contributed by atoms with Crippen LogP contribution in [0.5, 0.6) is 11.5 Å². The minimum Gasteiger partial charge on any atom is -0.493 e. The molecule has 5 nitrogen and oxygen atoms in total. The van der Waals surface area contributed by atoms with Gasteiger partial charge in [0.1, 0.15) is 6.10 Å². The molecule has 3 unspecified atom stereocenters. The van der Waals surface area contributed by atoms with Crippen LogP contribution in [0, 0.1) is 5.92 Å². The molecule has 6 heteroatoms. The van der Waals surface area contributed by atoms with Gasteiger partial charge < -0.3 is 19.5 Å². The third-order valence-electron chi connectivity index (χ3n) is 7.16. The van der Waals surface area contributed by atoms with Crippen LogP contribution in [0.3, 0.4) is 0 Å². The first-order valence-corrected chi connectivity index (χ1v) is 11.9. The van der Waals surface area contributed by atoms with Crippen LogP contribution in [0.2, 0.25) is 0 Å². The van der Waals surface area contributed by atoms with E-state index in [9.17, 15) is 9.90 Å². The van der Waals surface area contributed by atoms with Crippen molar-refractivity contribution in [3.8, 4) is 11.5 Å². The van der Waals surface area contributed by atoms with E-state index in [-0.39, 0.29) is 23.3 Å². The molecule has 1 aliphatic carbocycles. The molecule has 5 rings (SSSR count). The lowest BCUT2D eigenvalue weighted by Gasteiger charge is -2.36. The number of nitrogens with zero attached hydrogens (tertiary/aromatic N) is 1. The molecule has 4 atom stereocenters. The third kappa shape index (κ3) is 3.50. The van der Waals surface area contributed by atoms with E-state index in [1.165, 1.54) is 0 Å². The highest BCUT2D eigenvalue weighted by Gasteiger charge is 2.53. The van der Waals surface area contributed by atoms with Crippen LogP contribution in [0.25, 0.3) is 0 Å². The number of benzene rings is 2. The van der Waals surface area contributed by atoms with E-state index in [1.54, 1.807) is 7.11 Å². The van der Waals surface area contributed by atoms with Gasteiger partial charge >= 0.3 is 0 Å². The lowest BCUT2D eigenvalue weighted by atomic mass is 9.69. The highest BCUT2D eigenvalue weighted by Crippen LogP contribution is 2.55. The number of thiol groups is 1. The molecule has 1 amide bonds. The topological polar surface area (TPSA) is 59.0 Å². The second-order valence-corrected chi connectivity index (χ2v) is 9.38. The van der Waals surface area contributed by atoms with E-state index in [4.69, 9.17) is 9.47 Å². The maximum Gasteiger partial charge on any atom is 0.227 e. The predicted octanol–water partition coefficient (Wildman–Crippen LogP) is 3.54. The monoisotopic (exact) mass is 451 g/mol. The minimum absolute atomic E-state index is 0.141. The summed E-state index contributed by atoms with van der Waals surface area (Å²) in [6.45, 7) is 1.17. The highest BCUT2D eigenvalue weighted by atomic mass is 32.1. The molecule has 1 spiro atoms. The molecule has 2 heterocycles. The average Bonchev–Trinajstić information content (AvgIpc) is 3.05. The Balaban J connectivity index is 1.49. The third-order valence-corrected chi connectivity index (χ3v) is 7.60. The summed E-state index contributed by atoms with van der Waals surface area (Å²) in [5.41, 5.74) is 3.01. The standard InChI is InChI=1S/C26H29NO4S/c1-30-21-8-7-18-15-27(25(29)19(16-32)13-17-5-3-2-4-6-17)12-11-26-10-9-20(28)14-22(26)31-24(21)23(18)26/h2-10,19-20,22,28,32H,11-16H2,1H3/t19?,20-,22?,26?/m0/s1. The molecule has 1 N–H and O–H groups in total. The number of amides is 1. The summed E-state index contributed by atoms with van der Waals surface area (Å²) in [6.07, 6.45) is 5.28. The van der Waals surface area contributed by atoms with Crippen LogP contribution in [-0.2, 0) is 23.2 Å². The molecular formula is C26H29NO4S. The van der Waals surface area contributed by atoms with Gasteiger partial charge in [-0.2, -0.15) is 12.6 Å². The Morgan fingerprint density at radius 1 is 1.31 bits per heavy atom. The first-order chi connectivity index (χ1) is 15.6. The van der Waals surface area contributed by atoms with Crippen LogP contribution >= 0.6 is 12.6 Å². The molecule has 2 aromatic rings. The maximum absolute atomic E-state index is 13.6. The summed E-state index contributed by atoms with van der Waals surface area (Å²) in [5.74, 6) is 1.95. The molecule has 2 aliphatic heterocycles. The second-order valence-electron chi connectivity index (χ2n) is 9.02. The van der Waals surface area contributed by atoms with Gasteiger partial charge in [0.15, 0.2) is 11.5 Å². The number of aliphatic hydroxyl groups is 1. The van der Waals surface area contributed by atoms with E-state index in [2.05, 4.69) is 36.9 Å². The highest BCUT2D eigenvalue weighted by molar-refractivity contribution is 7.80. The zero-order valence-electron chi connectivity index (χ0n) is 18.2. The quantitative estimate of drug-likeness (QED) is 0.539. The summed E-state index contributed by atoms with van der Waals surface area (Å²) in [5, 5.41) is 10.2. The van der Waals surface area contributed by atoms with Gasteiger partial charge in [-0.1, -0.05) is 48.6 Å². The van der Waals surface area contributed by atoms with Gasteiger partial charge in [-0.05, 0) is 30.0 Å². The Labute approximate surface area is 194 Å². The van der Waals surface area contributed by atoms with Crippen molar-refractivity contribution in [1.29, 1.82) is 0 Å². The number of carbonyl (C=O) groups excluding carboxylic acids is 1. The first kappa shape index (κ1) is 21.4. The molecule has 0 saturated heterocycles. The fourth-order valence-corrected chi connectivity index (χ4v) is 5.80. The van der Waals surface area contributed by atoms with Gasteiger partial charge in [-0.25, -0.2) is 0 Å². The SMILES string of the molecule is COc1ccc2c3c1OC1C[C@@H](O)C=CC31CCN(C(=O)C(CS)Cc1ccccc1)C2. The van der Waals surface area contributed by atoms with Crippen molar-refractivity contribution in [3.63, 3.8) is 0 Å². The van der Waals surface area contributed by atoms with E-state index in [1.807, 2.05) is 35.2 Å². The van der Waals surface area contributed by atoms with Crippen LogP contribution in [-0.4, -0.2) is 47.5 Å². The van der Waals surface area contributed by atoms with Crippen LogP contribution in [0.15, 0.2) is 54.6 Å². The Morgan fingerprint density at radius 2 is 2.12 bits per heavy atom. The second kappa shape index (κ2) is 8.49. The lowest BCUT2D eigenvalue weighted by molar-refractivity contribution is -0.135. The molecule has 2 aromatic carbocycles. The van der Waals surface area contributed by atoms with Crippen molar-refractivity contribution in [2.75, 3.05) is 19.4 Å². The summed E-state index contributed by atoms with van der Waals surface area (Å²) >= 11 is 4.52. The van der Waals surface area contributed by atoms with Crippen molar-refractivity contribution in [2.24, 2.45) is 5.92 Å². The zero-order valence-corrected chi connectivity index (χ0v) is 19.1. The van der Waals surface area contributed by atoms with Crippen molar-refractivity contribution in [2.45, 2.75) is 43.4 Å². The van der Waals surface area contributed by atoms with Crippen molar-refractivity contribution < 1.29 is 19.4 Å². The number of ether oxygens (including phenoxy) is 2. The van der Waals surface area contributed by atoms with E-state index < -0.39 is 6.10 Å². The van der Waals surface area contributed by atoms with Crippen LogP contribution in [0.4, 0.5) is 0 Å². The van der Waals surface area contributed by atoms with Gasteiger partial charge in [0, 0.05) is 30.8 Å². The number of methoxy groups -OCH3 is 1. The fraction of sp³-hybridized carbons (Fsp3) is 0.423. The number of hydrogen-bond acceptors (Lipinski definition) is 5. The molecule has 0 saturated carbocycles. The zero-order chi connectivity index (χ0) is 22.3.